The van der Waals surface area contributed by atoms with Gasteiger partial charge in [0.1, 0.15) is 0 Å². The van der Waals surface area contributed by atoms with Crippen LogP contribution in [-0.4, -0.2) is 48.6 Å². The molecular formula is C13H24N2O2S2. The first kappa shape index (κ1) is 15.0. The van der Waals surface area contributed by atoms with Gasteiger partial charge in [-0.1, -0.05) is 19.3 Å². The minimum Gasteiger partial charge on any atom is -0.356 e. The van der Waals surface area contributed by atoms with Crippen LogP contribution >= 0.6 is 12.2 Å². The third-order valence-electron chi connectivity index (χ3n) is 4.35. The molecule has 2 aliphatic rings. The predicted octanol–water partition coefficient (Wildman–Crippen LogP) is 1.70. The predicted molar refractivity (Wildman–Crippen MR) is 82.0 cm³/mol. The third-order valence-corrected chi connectivity index (χ3v) is 6.65. The minimum atomic E-state index is -2.89. The number of sulfone groups is 1. The summed E-state index contributed by atoms with van der Waals surface area (Å²) in [6.07, 6.45) is 6.88. The quantitative estimate of drug-likeness (QED) is 0.787. The molecule has 1 aliphatic carbocycles. The van der Waals surface area contributed by atoms with Gasteiger partial charge in [0.05, 0.1) is 17.0 Å². The zero-order valence-electron chi connectivity index (χ0n) is 11.8. The van der Waals surface area contributed by atoms with Crippen LogP contribution in [0.25, 0.3) is 0 Å². The zero-order chi connectivity index (χ0) is 14.1. The molecule has 6 heteroatoms. The molecular weight excluding hydrogens is 280 g/mol. The Morgan fingerprint density at radius 1 is 1.32 bits per heavy atom. The summed E-state index contributed by atoms with van der Waals surface area (Å²) >= 11 is 5.46. The van der Waals surface area contributed by atoms with Gasteiger partial charge in [-0.25, -0.2) is 8.42 Å². The molecule has 0 aromatic carbocycles. The molecule has 0 aromatic rings. The van der Waals surface area contributed by atoms with Gasteiger partial charge >= 0.3 is 0 Å². The lowest BCUT2D eigenvalue weighted by molar-refractivity contribution is 0.269. The van der Waals surface area contributed by atoms with Crippen LogP contribution in [0.4, 0.5) is 0 Å². The lowest BCUT2D eigenvalue weighted by Crippen LogP contribution is -2.53. The Bertz CT molecular complexity index is 444. The van der Waals surface area contributed by atoms with E-state index in [0.29, 0.717) is 17.6 Å². The molecule has 19 heavy (non-hydrogen) atoms. The van der Waals surface area contributed by atoms with Gasteiger partial charge in [0.15, 0.2) is 14.9 Å². The van der Waals surface area contributed by atoms with Crippen LogP contribution in [0.15, 0.2) is 0 Å². The van der Waals surface area contributed by atoms with Gasteiger partial charge < -0.3 is 10.2 Å². The van der Waals surface area contributed by atoms with Crippen LogP contribution in [0.1, 0.15) is 45.4 Å². The average molecular weight is 304 g/mol. The van der Waals surface area contributed by atoms with Crippen LogP contribution in [0, 0.1) is 0 Å². The monoisotopic (exact) mass is 304 g/mol. The molecule has 1 atom stereocenters. The maximum Gasteiger partial charge on any atom is 0.169 e. The summed E-state index contributed by atoms with van der Waals surface area (Å²) in [5.41, 5.74) is -0.390. The largest absolute Gasteiger partial charge is 0.356 e. The third kappa shape index (κ3) is 3.81. The summed E-state index contributed by atoms with van der Waals surface area (Å²) in [6.45, 7) is 1.96. The van der Waals surface area contributed by atoms with Crippen molar-refractivity contribution in [3.05, 3.63) is 0 Å². The molecule has 110 valence electrons. The second kappa shape index (κ2) is 5.56. The molecule has 0 aromatic heterocycles. The number of hydrogen-bond donors (Lipinski definition) is 1. The highest BCUT2D eigenvalue weighted by Gasteiger charge is 2.39. The molecule has 2 fully saturated rings. The van der Waals surface area contributed by atoms with E-state index >= 15 is 0 Å². The molecule has 0 radical (unpaired) electrons. The van der Waals surface area contributed by atoms with Crippen molar-refractivity contribution in [2.24, 2.45) is 0 Å². The van der Waals surface area contributed by atoms with Crippen molar-refractivity contribution in [2.45, 2.75) is 57.0 Å². The van der Waals surface area contributed by atoms with Crippen LogP contribution in [-0.2, 0) is 9.84 Å². The first-order chi connectivity index (χ1) is 8.81. The molecule has 1 unspecified atom stereocenters. The summed E-state index contributed by atoms with van der Waals surface area (Å²) in [6, 6.07) is 0.510. The molecule has 0 amide bonds. The standard InChI is InChI=1S/C13H24N2O2S2/c1-13(8-9-19(16,17)10-13)14-12(18)15(2)11-6-4-3-5-7-11/h11H,3-10H2,1-2H3,(H,14,18). The fourth-order valence-electron chi connectivity index (χ4n) is 3.09. The Morgan fingerprint density at radius 2 is 1.95 bits per heavy atom. The minimum absolute atomic E-state index is 0.193. The van der Waals surface area contributed by atoms with E-state index < -0.39 is 15.4 Å². The Labute approximate surface area is 121 Å². The van der Waals surface area contributed by atoms with E-state index in [1.54, 1.807) is 0 Å². The van der Waals surface area contributed by atoms with Crippen LogP contribution < -0.4 is 5.32 Å². The average Bonchev–Trinajstić information content (AvgIpc) is 2.63. The lowest BCUT2D eigenvalue weighted by atomic mass is 9.94. The number of nitrogens with zero attached hydrogens (tertiary/aromatic N) is 1. The first-order valence-corrected chi connectivity index (χ1v) is 9.30. The first-order valence-electron chi connectivity index (χ1n) is 7.07. The maximum atomic E-state index is 11.6. The Morgan fingerprint density at radius 3 is 2.47 bits per heavy atom. The molecule has 1 saturated heterocycles. The molecule has 1 aliphatic heterocycles. The van der Waals surface area contributed by atoms with Crippen molar-refractivity contribution >= 4 is 27.2 Å². The summed E-state index contributed by atoms with van der Waals surface area (Å²) in [5, 5.41) is 3.99. The van der Waals surface area contributed by atoms with Crippen molar-refractivity contribution in [1.29, 1.82) is 0 Å². The van der Waals surface area contributed by atoms with Crippen molar-refractivity contribution < 1.29 is 8.42 Å². The van der Waals surface area contributed by atoms with E-state index in [9.17, 15) is 8.42 Å². The Hall–Kier alpha value is -0.360. The lowest BCUT2D eigenvalue weighted by Gasteiger charge is -2.36. The molecule has 1 N–H and O–H groups in total. The summed E-state index contributed by atoms with van der Waals surface area (Å²) in [7, 11) is -0.865. The highest BCUT2D eigenvalue weighted by molar-refractivity contribution is 7.91. The Balaban J connectivity index is 1.93. The van der Waals surface area contributed by atoms with Gasteiger partial charge in [0.2, 0.25) is 0 Å². The van der Waals surface area contributed by atoms with Gasteiger partial charge in [-0.05, 0) is 38.4 Å². The topological polar surface area (TPSA) is 49.4 Å². The van der Waals surface area contributed by atoms with Gasteiger partial charge in [-0.15, -0.1) is 0 Å². The van der Waals surface area contributed by atoms with Crippen LogP contribution in [0.5, 0.6) is 0 Å². The van der Waals surface area contributed by atoms with Gasteiger partial charge in [-0.3, -0.25) is 0 Å². The SMILES string of the molecule is CN(C(=S)NC1(C)CCS(=O)(=O)C1)C1CCCCC1. The second-order valence-corrected chi connectivity index (χ2v) is 8.81. The summed E-state index contributed by atoms with van der Waals surface area (Å²) in [5.74, 6) is 0.463. The van der Waals surface area contributed by atoms with Crippen LogP contribution in [0.3, 0.4) is 0 Å². The zero-order valence-corrected chi connectivity index (χ0v) is 13.4. The second-order valence-electron chi connectivity index (χ2n) is 6.24. The highest BCUT2D eigenvalue weighted by Crippen LogP contribution is 2.25. The van der Waals surface area contributed by atoms with Gasteiger partial charge in [-0.2, -0.15) is 0 Å². The maximum absolute atomic E-state index is 11.6. The fourth-order valence-corrected chi connectivity index (χ4v) is 5.58. The van der Waals surface area contributed by atoms with Crippen molar-refractivity contribution in [1.82, 2.24) is 10.2 Å². The number of hydrogen-bond acceptors (Lipinski definition) is 3. The molecule has 2 rings (SSSR count). The molecule has 4 nitrogen and oxygen atoms in total. The Kier molecular flexibility index (Phi) is 4.40. The molecule has 1 heterocycles. The molecule has 0 bridgehead atoms. The van der Waals surface area contributed by atoms with Gasteiger partial charge in [0.25, 0.3) is 0 Å². The van der Waals surface area contributed by atoms with Crippen LogP contribution in [0.2, 0.25) is 0 Å². The van der Waals surface area contributed by atoms with Gasteiger partial charge in [0, 0.05) is 13.1 Å². The number of rotatable bonds is 2. The normalized spacial score (nSPS) is 31.1. The summed E-state index contributed by atoms with van der Waals surface area (Å²) < 4.78 is 23.2. The van der Waals surface area contributed by atoms with E-state index in [1.165, 1.54) is 32.1 Å². The summed E-state index contributed by atoms with van der Waals surface area (Å²) in [4.78, 5) is 2.13. The van der Waals surface area contributed by atoms with E-state index in [-0.39, 0.29) is 11.5 Å². The van der Waals surface area contributed by atoms with E-state index in [0.717, 1.165) is 0 Å². The van der Waals surface area contributed by atoms with Crippen molar-refractivity contribution in [2.75, 3.05) is 18.6 Å². The van der Waals surface area contributed by atoms with Crippen molar-refractivity contribution in [3.8, 4) is 0 Å². The fraction of sp³-hybridized carbons (Fsp3) is 0.923. The van der Waals surface area contributed by atoms with E-state index in [1.807, 2.05) is 14.0 Å². The van der Waals surface area contributed by atoms with Crippen molar-refractivity contribution in [3.63, 3.8) is 0 Å². The highest BCUT2D eigenvalue weighted by atomic mass is 32.2. The molecule has 0 spiro atoms. The van der Waals surface area contributed by atoms with E-state index in [4.69, 9.17) is 12.2 Å². The smallest absolute Gasteiger partial charge is 0.169 e. The number of thiocarbonyl (C=S) groups is 1. The number of nitrogens with one attached hydrogen (secondary N) is 1. The van der Waals surface area contributed by atoms with E-state index in [2.05, 4.69) is 10.2 Å². The molecule has 1 saturated carbocycles.